The number of aromatic nitrogens is 3. The second-order valence-corrected chi connectivity index (χ2v) is 8.65. The molecule has 4 aromatic rings. The molecule has 2 aromatic carbocycles. The van der Waals surface area contributed by atoms with E-state index in [1.54, 1.807) is 12.1 Å². The van der Waals surface area contributed by atoms with Gasteiger partial charge in [-0.25, -0.2) is 13.8 Å². The predicted molar refractivity (Wildman–Crippen MR) is 132 cm³/mol. The molecular weight excluding hydrogens is 492 g/mol. The van der Waals surface area contributed by atoms with Gasteiger partial charge in [0.2, 0.25) is 5.88 Å². The maximum atomic E-state index is 15.6. The van der Waals surface area contributed by atoms with Crippen molar-refractivity contribution in [2.45, 2.75) is 6.10 Å². The van der Waals surface area contributed by atoms with Crippen LogP contribution in [0.15, 0.2) is 42.5 Å². The van der Waals surface area contributed by atoms with Crippen LogP contribution < -0.4 is 15.4 Å². The van der Waals surface area contributed by atoms with Crippen LogP contribution in [0, 0.1) is 11.6 Å². The molecular formula is C25H22ClF2N5O3. The van der Waals surface area contributed by atoms with Gasteiger partial charge < -0.3 is 25.2 Å². The van der Waals surface area contributed by atoms with Crippen LogP contribution in [-0.4, -0.2) is 53.7 Å². The zero-order chi connectivity index (χ0) is 25.4. The van der Waals surface area contributed by atoms with Crippen LogP contribution in [0.3, 0.4) is 0 Å². The monoisotopic (exact) mass is 513 g/mol. The molecule has 0 aliphatic carbocycles. The number of methoxy groups -OCH3 is 1. The van der Waals surface area contributed by atoms with Gasteiger partial charge >= 0.3 is 0 Å². The number of hydrogen-bond donors (Lipinski definition) is 2. The lowest BCUT2D eigenvalue weighted by atomic mass is 9.95. The van der Waals surface area contributed by atoms with Crippen molar-refractivity contribution < 1.29 is 23.4 Å². The Morgan fingerprint density at radius 3 is 2.56 bits per heavy atom. The summed E-state index contributed by atoms with van der Waals surface area (Å²) < 4.78 is 41.2. The lowest BCUT2D eigenvalue weighted by Gasteiger charge is -2.29. The third kappa shape index (κ3) is 4.39. The number of benzene rings is 2. The van der Waals surface area contributed by atoms with Gasteiger partial charge in [0.25, 0.3) is 0 Å². The largest absolute Gasteiger partial charge is 0.480 e. The summed E-state index contributed by atoms with van der Waals surface area (Å²) in [7, 11) is 1.45. The van der Waals surface area contributed by atoms with E-state index in [2.05, 4.69) is 15.2 Å². The highest BCUT2D eigenvalue weighted by molar-refractivity contribution is 6.31. The van der Waals surface area contributed by atoms with Gasteiger partial charge in [-0.3, -0.25) is 0 Å². The van der Waals surface area contributed by atoms with Crippen molar-refractivity contribution >= 4 is 34.0 Å². The molecule has 0 unspecified atom stereocenters. The number of aliphatic hydroxyl groups is 1. The van der Waals surface area contributed by atoms with Gasteiger partial charge in [-0.1, -0.05) is 11.6 Å². The number of nitrogens with two attached hydrogens (primary N) is 1. The molecule has 0 spiro atoms. The molecule has 11 heteroatoms. The number of nitrogen functional groups attached to an aromatic ring is 1. The molecule has 1 fully saturated rings. The van der Waals surface area contributed by atoms with Crippen LogP contribution in [0.25, 0.3) is 22.0 Å². The molecule has 5 rings (SSSR count). The average molecular weight is 514 g/mol. The molecule has 3 heterocycles. The Morgan fingerprint density at radius 1 is 1.08 bits per heavy atom. The van der Waals surface area contributed by atoms with E-state index in [0.29, 0.717) is 42.9 Å². The van der Waals surface area contributed by atoms with Gasteiger partial charge in [-0.05, 0) is 42.0 Å². The van der Waals surface area contributed by atoms with Crippen LogP contribution in [0.5, 0.6) is 5.88 Å². The standard InChI is InChI=1S/C25H22ClF2N5O3/c1-35-22-5-3-19(31-32-22)25(34)16-10-15(18(27)12-17(16)26)14-11-21(29)30-24-13(14)2-4-20(23(24)28)33-6-8-36-9-7-33/h2-5,10-12,25,34H,6-9H2,1H3,(H2,29,30)/t25-/m0/s1. The Morgan fingerprint density at radius 2 is 1.86 bits per heavy atom. The van der Waals surface area contributed by atoms with E-state index in [1.807, 2.05) is 4.90 Å². The fourth-order valence-electron chi connectivity index (χ4n) is 4.26. The highest BCUT2D eigenvalue weighted by atomic mass is 35.5. The van der Waals surface area contributed by atoms with Gasteiger partial charge in [-0.2, -0.15) is 0 Å². The van der Waals surface area contributed by atoms with Crippen LogP contribution in [0.2, 0.25) is 5.02 Å². The number of morpholine rings is 1. The smallest absolute Gasteiger partial charge is 0.233 e. The Hall–Kier alpha value is -3.60. The molecule has 1 aliphatic rings. The molecule has 1 atom stereocenters. The fourth-order valence-corrected chi connectivity index (χ4v) is 4.52. The predicted octanol–water partition coefficient (Wildman–Crippen LogP) is 4.13. The SMILES string of the molecule is COc1ccc([C@@H](O)c2cc(-c3cc(N)nc4c(F)c(N5CCOCC5)ccc34)c(F)cc2Cl)nn1. The van der Waals surface area contributed by atoms with E-state index < -0.39 is 17.7 Å². The summed E-state index contributed by atoms with van der Waals surface area (Å²) in [4.78, 5) is 6.07. The molecule has 0 bridgehead atoms. The Kier molecular flexibility index (Phi) is 6.57. The number of fused-ring (bicyclic) bond motifs is 1. The first-order chi connectivity index (χ1) is 17.4. The molecule has 3 N–H and O–H groups in total. The number of hydrogen-bond acceptors (Lipinski definition) is 8. The van der Waals surface area contributed by atoms with E-state index in [4.69, 9.17) is 26.8 Å². The second-order valence-electron chi connectivity index (χ2n) is 8.25. The van der Waals surface area contributed by atoms with Crippen molar-refractivity contribution in [1.29, 1.82) is 0 Å². The number of aliphatic hydroxyl groups excluding tert-OH is 1. The minimum absolute atomic E-state index is 0.00603. The van der Waals surface area contributed by atoms with Gasteiger partial charge in [0.15, 0.2) is 5.82 Å². The zero-order valence-corrected chi connectivity index (χ0v) is 20.0. The molecule has 0 amide bonds. The Balaban J connectivity index is 1.62. The summed E-state index contributed by atoms with van der Waals surface area (Å²) >= 11 is 6.29. The van der Waals surface area contributed by atoms with Crippen molar-refractivity contribution in [1.82, 2.24) is 15.2 Å². The summed E-state index contributed by atoms with van der Waals surface area (Å²) in [5, 5.41) is 19.1. The van der Waals surface area contributed by atoms with Gasteiger partial charge in [0, 0.05) is 40.7 Å². The number of nitrogens with zero attached hydrogens (tertiary/aromatic N) is 4. The first kappa shape index (κ1) is 24.1. The lowest BCUT2D eigenvalue weighted by molar-refractivity contribution is 0.122. The molecule has 0 saturated carbocycles. The topological polar surface area (TPSA) is 107 Å². The minimum atomic E-state index is -1.30. The number of halogens is 3. The highest BCUT2D eigenvalue weighted by Gasteiger charge is 2.23. The number of anilines is 2. The minimum Gasteiger partial charge on any atom is -0.480 e. The van der Waals surface area contributed by atoms with Crippen LogP contribution in [0.1, 0.15) is 17.4 Å². The van der Waals surface area contributed by atoms with E-state index in [1.165, 1.54) is 31.4 Å². The summed E-state index contributed by atoms with van der Waals surface area (Å²) in [6.07, 6.45) is -1.30. The number of pyridine rings is 1. The second kappa shape index (κ2) is 9.81. The fraction of sp³-hybridized carbons (Fsp3) is 0.240. The third-order valence-electron chi connectivity index (χ3n) is 6.09. The van der Waals surface area contributed by atoms with Gasteiger partial charge in [0.05, 0.1) is 31.7 Å². The van der Waals surface area contributed by atoms with Crippen molar-refractivity contribution in [2.24, 2.45) is 0 Å². The van der Waals surface area contributed by atoms with Crippen molar-refractivity contribution in [3.63, 3.8) is 0 Å². The Bertz CT molecular complexity index is 1430. The zero-order valence-electron chi connectivity index (χ0n) is 19.2. The average Bonchev–Trinajstić information content (AvgIpc) is 2.89. The first-order valence-electron chi connectivity index (χ1n) is 11.1. The molecule has 0 radical (unpaired) electrons. The highest BCUT2D eigenvalue weighted by Crippen LogP contribution is 2.39. The summed E-state index contributed by atoms with van der Waals surface area (Å²) in [5.41, 5.74) is 7.19. The summed E-state index contributed by atoms with van der Waals surface area (Å²) in [6, 6.07) is 10.3. The van der Waals surface area contributed by atoms with Crippen LogP contribution in [-0.2, 0) is 4.74 Å². The van der Waals surface area contributed by atoms with Crippen LogP contribution in [0.4, 0.5) is 20.3 Å². The van der Waals surface area contributed by atoms with E-state index in [0.717, 1.165) is 6.07 Å². The van der Waals surface area contributed by atoms with Gasteiger partial charge in [0.1, 0.15) is 23.3 Å². The quantitative estimate of drug-likeness (QED) is 0.410. The lowest BCUT2D eigenvalue weighted by Crippen LogP contribution is -2.36. The number of ether oxygens (including phenoxy) is 2. The first-order valence-corrected chi connectivity index (χ1v) is 11.5. The van der Waals surface area contributed by atoms with Gasteiger partial charge in [-0.15, -0.1) is 10.2 Å². The maximum absolute atomic E-state index is 15.6. The molecule has 1 aliphatic heterocycles. The molecule has 186 valence electrons. The van der Waals surface area contributed by atoms with E-state index >= 15 is 8.78 Å². The maximum Gasteiger partial charge on any atom is 0.233 e. The molecule has 36 heavy (non-hydrogen) atoms. The van der Waals surface area contributed by atoms with Crippen molar-refractivity contribution in [3.05, 3.63) is 70.4 Å². The van der Waals surface area contributed by atoms with E-state index in [-0.39, 0.29) is 39.1 Å². The summed E-state index contributed by atoms with van der Waals surface area (Å²) in [5.74, 6) is -0.922. The van der Waals surface area contributed by atoms with Crippen LogP contribution >= 0.6 is 11.6 Å². The normalized spacial score (nSPS) is 14.8. The van der Waals surface area contributed by atoms with Crippen molar-refractivity contribution in [2.75, 3.05) is 44.0 Å². The number of rotatable bonds is 5. The van der Waals surface area contributed by atoms with Crippen molar-refractivity contribution in [3.8, 4) is 17.0 Å². The Labute approximate surface area is 210 Å². The molecule has 8 nitrogen and oxygen atoms in total. The molecule has 1 saturated heterocycles. The molecule has 2 aromatic heterocycles. The summed E-state index contributed by atoms with van der Waals surface area (Å²) in [6.45, 7) is 2.07. The third-order valence-corrected chi connectivity index (χ3v) is 6.42. The van der Waals surface area contributed by atoms with E-state index in [9.17, 15) is 5.11 Å².